The molecule has 2 heterocycles. The molecule has 3 aliphatic rings. The quantitative estimate of drug-likeness (QED) is 0.354. The number of halogens is 2. The van der Waals surface area contributed by atoms with Gasteiger partial charge in [0, 0.05) is 40.7 Å². The first kappa shape index (κ1) is 26.8. The normalized spacial score (nSPS) is 24.3. The van der Waals surface area contributed by atoms with Crippen molar-refractivity contribution in [3.8, 4) is 0 Å². The van der Waals surface area contributed by atoms with E-state index >= 15 is 0 Å². The summed E-state index contributed by atoms with van der Waals surface area (Å²) in [6.07, 6.45) is 6.13. The molecule has 1 atom stereocenters. The summed E-state index contributed by atoms with van der Waals surface area (Å²) in [6, 6.07) is 8.37. The third kappa shape index (κ3) is 6.24. The van der Waals surface area contributed by atoms with Crippen LogP contribution in [0.5, 0.6) is 0 Å². The second kappa shape index (κ2) is 11.1. The fourth-order valence-corrected chi connectivity index (χ4v) is 6.68. The van der Waals surface area contributed by atoms with Gasteiger partial charge in [-0.2, -0.15) is 0 Å². The maximum Gasteiger partial charge on any atom is 0.305 e. The predicted molar refractivity (Wildman–Crippen MR) is 145 cm³/mol. The molecule has 1 aliphatic heterocycles. The first-order valence-electron chi connectivity index (χ1n) is 13.2. The molecule has 1 unspecified atom stereocenters. The van der Waals surface area contributed by atoms with Crippen molar-refractivity contribution in [2.24, 2.45) is 11.3 Å². The summed E-state index contributed by atoms with van der Waals surface area (Å²) in [7, 11) is 0. The Morgan fingerprint density at radius 2 is 1.84 bits per heavy atom. The Bertz CT molecular complexity index is 1220. The highest BCUT2D eigenvalue weighted by Crippen LogP contribution is 2.58. The van der Waals surface area contributed by atoms with Gasteiger partial charge in [-0.3, -0.25) is 14.4 Å². The molecule has 0 bridgehead atoms. The standard InChI is InChI=1S/C28H32Cl2N4O4/c29-19-8-17(9-20(30)10-19)23(11-25(36)37)34-27(38)18-12-28(13-18)14-22(15-28)32-24(35)6-5-21-4-3-16-2-1-7-31-26(16)33-21/h3-4,8-10,18,22-23H,1-2,5-7,11-15H2,(H,31,33)(H,32,35)(H,34,38)(H,36,37). The van der Waals surface area contributed by atoms with Gasteiger partial charge in [-0.05, 0) is 85.8 Å². The van der Waals surface area contributed by atoms with Crippen molar-refractivity contribution >= 4 is 46.8 Å². The Morgan fingerprint density at radius 1 is 1.11 bits per heavy atom. The number of nitrogens with one attached hydrogen (secondary N) is 3. The molecule has 2 aromatic rings. The number of carbonyl (C=O) groups excluding carboxylic acids is 2. The first-order chi connectivity index (χ1) is 18.2. The van der Waals surface area contributed by atoms with E-state index in [0.29, 0.717) is 28.5 Å². The van der Waals surface area contributed by atoms with Crippen molar-refractivity contribution in [1.82, 2.24) is 15.6 Å². The number of carboxylic acid groups (broad SMARTS) is 1. The molecule has 4 N–H and O–H groups in total. The molecule has 2 saturated carbocycles. The topological polar surface area (TPSA) is 120 Å². The lowest BCUT2D eigenvalue weighted by molar-refractivity contribution is -0.143. The largest absolute Gasteiger partial charge is 0.481 e. The van der Waals surface area contributed by atoms with Crippen LogP contribution < -0.4 is 16.0 Å². The Labute approximate surface area is 231 Å². The number of fused-ring (bicyclic) bond motifs is 1. The monoisotopic (exact) mass is 558 g/mol. The first-order valence-corrected chi connectivity index (χ1v) is 13.9. The Kier molecular flexibility index (Phi) is 7.82. The van der Waals surface area contributed by atoms with E-state index in [-0.39, 0.29) is 35.6 Å². The van der Waals surface area contributed by atoms with Gasteiger partial charge in [0.2, 0.25) is 11.8 Å². The van der Waals surface area contributed by atoms with Gasteiger partial charge in [-0.1, -0.05) is 29.3 Å². The van der Waals surface area contributed by atoms with Gasteiger partial charge < -0.3 is 21.1 Å². The summed E-state index contributed by atoms with van der Waals surface area (Å²) in [6.45, 7) is 0.940. The van der Waals surface area contributed by atoms with Crippen LogP contribution in [0.15, 0.2) is 30.3 Å². The van der Waals surface area contributed by atoms with Gasteiger partial charge in [0.1, 0.15) is 5.82 Å². The number of aryl methyl sites for hydroxylation is 2. The number of carboxylic acids is 1. The van der Waals surface area contributed by atoms with Crippen molar-refractivity contribution in [2.75, 3.05) is 11.9 Å². The number of carbonyl (C=O) groups is 3. The van der Waals surface area contributed by atoms with E-state index in [9.17, 15) is 19.5 Å². The van der Waals surface area contributed by atoms with Gasteiger partial charge in [-0.15, -0.1) is 0 Å². The maximum atomic E-state index is 12.9. The number of nitrogens with zero attached hydrogens (tertiary/aromatic N) is 1. The second-order valence-corrected chi connectivity index (χ2v) is 11.9. The van der Waals surface area contributed by atoms with Gasteiger partial charge in [0.15, 0.2) is 0 Å². The lowest BCUT2D eigenvalue weighted by atomic mass is 9.50. The highest BCUT2D eigenvalue weighted by atomic mass is 35.5. The summed E-state index contributed by atoms with van der Waals surface area (Å²) in [5, 5.41) is 19.4. The van der Waals surface area contributed by atoms with Crippen molar-refractivity contribution in [3.05, 3.63) is 57.2 Å². The summed E-state index contributed by atoms with van der Waals surface area (Å²) < 4.78 is 0. The SMILES string of the molecule is O=C(O)CC(NC(=O)C1CC2(CC(NC(=O)CCc3ccc4c(n3)NCCC4)C2)C1)c1cc(Cl)cc(Cl)c1. The van der Waals surface area contributed by atoms with Gasteiger partial charge >= 0.3 is 5.97 Å². The zero-order valence-corrected chi connectivity index (χ0v) is 22.6. The molecule has 1 aromatic carbocycles. The molecular formula is C28H32Cl2N4O4. The number of aliphatic carboxylic acids is 1. The van der Waals surface area contributed by atoms with Crippen LogP contribution in [0.3, 0.4) is 0 Å². The Balaban J connectivity index is 1.05. The minimum absolute atomic E-state index is 0.0302. The smallest absolute Gasteiger partial charge is 0.305 e. The fraction of sp³-hybridized carbons (Fsp3) is 0.500. The van der Waals surface area contributed by atoms with Crippen LogP contribution in [0, 0.1) is 11.3 Å². The molecule has 2 amide bonds. The number of rotatable bonds is 9. The van der Waals surface area contributed by atoms with E-state index in [1.807, 2.05) is 6.07 Å². The van der Waals surface area contributed by atoms with Crippen molar-refractivity contribution in [1.29, 1.82) is 0 Å². The molecule has 5 rings (SSSR count). The Hall–Kier alpha value is -2.84. The molecule has 8 nitrogen and oxygen atoms in total. The van der Waals surface area contributed by atoms with Crippen LogP contribution in [-0.2, 0) is 27.2 Å². The molecule has 2 aliphatic carbocycles. The minimum atomic E-state index is -1.02. The Morgan fingerprint density at radius 3 is 2.55 bits per heavy atom. The molecule has 10 heteroatoms. The lowest BCUT2D eigenvalue weighted by Crippen LogP contribution is -2.58. The fourth-order valence-electron chi connectivity index (χ4n) is 6.13. The summed E-state index contributed by atoms with van der Waals surface area (Å²) >= 11 is 12.2. The second-order valence-electron chi connectivity index (χ2n) is 11.0. The molecule has 38 heavy (non-hydrogen) atoms. The molecule has 1 spiro atoms. The molecule has 2 fully saturated rings. The van der Waals surface area contributed by atoms with Gasteiger partial charge in [-0.25, -0.2) is 4.98 Å². The maximum absolute atomic E-state index is 12.9. The highest BCUT2D eigenvalue weighted by Gasteiger charge is 2.55. The number of aromatic nitrogens is 1. The number of hydrogen-bond acceptors (Lipinski definition) is 5. The lowest BCUT2D eigenvalue weighted by Gasteiger charge is -2.57. The molecule has 0 saturated heterocycles. The van der Waals surface area contributed by atoms with Crippen molar-refractivity contribution in [2.45, 2.75) is 69.9 Å². The average Bonchev–Trinajstić information content (AvgIpc) is 2.81. The van der Waals surface area contributed by atoms with Crippen LogP contribution >= 0.6 is 23.2 Å². The summed E-state index contributed by atoms with van der Waals surface area (Å²) in [4.78, 5) is 41.5. The third-order valence-corrected chi connectivity index (χ3v) is 8.43. The van der Waals surface area contributed by atoms with Crippen LogP contribution in [0.2, 0.25) is 10.0 Å². The van der Waals surface area contributed by atoms with E-state index in [0.717, 1.165) is 56.6 Å². The molecule has 1 aromatic heterocycles. The number of anilines is 1. The third-order valence-electron chi connectivity index (χ3n) is 8.00. The number of benzene rings is 1. The van der Waals surface area contributed by atoms with Crippen LogP contribution in [0.1, 0.15) is 67.8 Å². The van der Waals surface area contributed by atoms with E-state index in [4.69, 9.17) is 23.2 Å². The van der Waals surface area contributed by atoms with Crippen LogP contribution in [0.4, 0.5) is 5.82 Å². The van der Waals surface area contributed by atoms with E-state index in [1.54, 1.807) is 18.2 Å². The summed E-state index contributed by atoms with van der Waals surface area (Å²) in [5.74, 6) is -0.362. The number of hydrogen-bond donors (Lipinski definition) is 4. The van der Waals surface area contributed by atoms with Crippen molar-refractivity contribution < 1.29 is 19.5 Å². The zero-order valence-electron chi connectivity index (χ0n) is 21.1. The van der Waals surface area contributed by atoms with Gasteiger partial charge in [0.05, 0.1) is 12.5 Å². The highest BCUT2D eigenvalue weighted by molar-refractivity contribution is 6.34. The van der Waals surface area contributed by atoms with E-state index < -0.39 is 12.0 Å². The van der Waals surface area contributed by atoms with E-state index in [2.05, 4.69) is 27.0 Å². The molecule has 202 valence electrons. The average molecular weight is 559 g/mol. The van der Waals surface area contributed by atoms with E-state index in [1.165, 1.54) is 5.56 Å². The van der Waals surface area contributed by atoms with Crippen molar-refractivity contribution in [3.63, 3.8) is 0 Å². The number of amides is 2. The summed E-state index contributed by atoms with van der Waals surface area (Å²) in [5.41, 5.74) is 2.82. The van der Waals surface area contributed by atoms with Crippen LogP contribution in [0.25, 0.3) is 0 Å². The number of pyridine rings is 1. The molecular weight excluding hydrogens is 527 g/mol. The zero-order chi connectivity index (χ0) is 26.9. The van der Waals surface area contributed by atoms with Crippen LogP contribution in [-0.4, -0.2) is 40.5 Å². The minimum Gasteiger partial charge on any atom is -0.481 e. The predicted octanol–water partition coefficient (Wildman–Crippen LogP) is 4.69. The van der Waals surface area contributed by atoms with Gasteiger partial charge in [0.25, 0.3) is 0 Å². The molecule has 0 radical (unpaired) electrons.